The van der Waals surface area contributed by atoms with E-state index < -0.39 is 11.6 Å². The second-order valence-corrected chi connectivity index (χ2v) is 23.5. The number of halogens is 3. The minimum Gasteiger partial charge on any atom is -0.483 e. The van der Waals surface area contributed by atoms with E-state index in [1.807, 2.05) is 26.0 Å². The molecule has 3 aromatic carbocycles. The summed E-state index contributed by atoms with van der Waals surface area (Å²) < 4.78 is 61.8. The molecular formula is C66H87F3N4O2. The molecule has 8 atom stereocenters. The van der Waals surface area contributed by atoms with Crippen molar-refractivity contribution < 1.29 is 22.6 Å². The molecule has 4 fully saturated rings. The van der Waals surface area contributed by atoms with Crippen LogP contribution in [0.25, 0.3) is 6.08 Å². The van der Waals surface area contributed by atoms with Gasteiger partial charge < -0.3 is 25.0 Å². The molecule has 1 saturated heterocycles. The molecule has 2 unspecified atom stereocenters. The predicted octanol–water partition coefficient (Wildman–Crippen LogP) is 16.5. The molecule has 0 radical (unpaired) electrons. The molecule has 6 aliphatic rings. The third-order valence-corrected chi connectivity index (χ3v) is 18.6. The third-order valence-electron chi connectivity index (χ3n) is 18.6. The summed E-state index contributed by atoms with van der Waals surface area (Å²) in [6.07, 6.45) is 25.2. The van der Waals surface area contributed by atoms with Crippen molar-refractivity contribution in [2.24, 2.45) is 28.7 Å². The van der Waals surface area contributed by atoms with Gasteiger partial charge in [0.1, 0.15) is 17.5 Å². The van der Waals surface area contributed by atoms with E-state index in [4.69, 9.17) is 14.5 Å². The number of nitrogens with zero attached hydrogens (tertiary/aromatic N) is 2. The first-order valence-corrected chi connectivity index (χ1v) is 29.0. The highest BCUT2D eigenvalue weighted by molar-refractivity contribution is 5.92. The van der Waals surface area contributed by atoms with Crippen molar-refractivity contribution in [1.82, 2.24) is 15.5 Å². The average Bonchev–Trinajstić information content (AvgIpc) is 4.26. The number of aryl methyl sites for hydroxylation is 1. The maximum absolute atomic E-state index is 17.1. The summed E-state index contributed by atoms with van der Waals surface area (Å²) in [6.45, 7) is 18.3. The quantitative estimate of drug-likeness (QED) is 0.0982. The van der Waals surface area contributed by atoms with Crippen LogP contribution in [0.5, 0.6) is 0 Å². The van der Waals surface area contributed by atoms with Gasteiger partial charge in [0.05, 0.1) is 38.0 Å². The number of fused-ring (bicyclic) bond motifs is 2. The lowest BCUT2D eigenvalue weighted by Crippen LogP contribution is -2.44. The van der Waals surface area contributed by atoms with Crippen molar-refractivity contribution in [2.45, 2.75) is 193 Å². The second-order valence-electron chi connectivity index (χ2n) is 23.5. The zero-order chi connectivity index (χ0) is 53.1. The van der Waals surface area contributed by atoms with Crippen molar-refractivity contribution in [3.8, 4) is 0 Å². The fourth-order valence-electron chi connectivity index (χ4n) is 15.0. The molecule has 9 rings (SSSR count). The fourth-order valence-corrected chi connectivity index (χ4v) is 15.0. The molecule has 0 amide bonds. The van der Waals surface area contributed by atoms with E-state index in [0.717, 1.165) is 131 Å². The van der Waals surface area contributed by atoms with Gasteiger partial charge in [-0.3, -0.25) is 4.99 Å². The molecular weight excluding hydrogens is 938 g/mol. The summed E-state index contributed by atoms with van der Waals surface area (Å²) in [6, 6.07) is 14.3. The van der Waals surface area contributed by atoms with Gasteiger partial charge in [0.15, 0.2) is 11.8 Å². The van der Waals surface area contributed by atoms with Gasteiger partial charge >= 0.3 is 0 Å². The molecule has 4 aliphatic carbocycles. The highest BCUT2D eigenvalue weighted by Crippen LogP contribution is 2.56. The summed E-state index contributed by atoms with van der Waals surface area (Å²) in [5.74, 6) is 1.23. The Bertz CT molecular complexity index is 2700. The van der Waals surface area contributed by atoms with Gasteiger partial charge in [-0.05, 0) is 221 Å². The predicted molar refractivity (Wildman–Crippen MR) is 303 cm³/mol. The van der Waals surface area contributed by atoms with Gasteiger partial charge in [0.2, 0.25) is 0 Å². The van der Waals surface area contributed by atoms with Crippen LogP contribution in [-0.2, 0) is 22.3 Å². The number of nitrogens with one attached hydrogen (secondary N) is 2. The fraction of sp³-hybridized carbons (Fsp3) is 0.561. The van der Waals surface area contributed by atoms with E-state index in [-0.39, 0.29) is 53.2 Å². The first-order valence-electron chi connectivity index (χ1n) is 29.0. The van der Waals surface area contributed by atoms with Crippen LogP contribution in [0.4, 0.5) is 18.9 Å². The number of allylic oxidation sites excluding steroid dienone is 4. The van der Waals surface area contributed by atoms with E-state index in [1.165, 1.54) is 34.5 Å². The first kappa shape index (κ1) is 54.6. The Balaban J connectivity index is 1.01. The third kappa shape index (κ3) is 11.2. The van der Waals surface area contributed by atoms with Crippen LogP contribution >= 0.6 is 0 Å². The minimum absolute atomic E-state index is 0.0487. The molecule has 404 valence electrons. The number of methoxy groups -OCH3 is 2. The molecule has 0 bridgehead atoms. The monoisotopic (exact) mass is 1020 g/mol. The van der Waals surface area contributed by atoms with Gasteiger partial charge in [0.25, 0.3) is 0 Å². The van der Waals surface area contributed by atoms with Crippen molar-refractivity contribution in [3.63, 3.8) is 0 Å². The summed E-state index contributed by atoms with van der Waals surface area (Å²) in [7, 11) is 3.43. The number of benzene rings is 3. The average molecular weight is 1030 g/mol. The molecule has 9 heteroatoms. The second kappa shape index (κ2) is 24.0. The number of aliphatic imine (C=N–C) groups is 1. The van der Waals surface area contributed by atoms with Crippen LogP contribution in [0.2, 0.25) is 0 Å². The van der Waals surface area contributed by atoms with E-state index >= 15 is 13.2 Å². The van der Waals surface area contributed by atoms with Gasteiger partial charge in [-0.15, -0.1) is 0 Å². The molecule has 2 heterocycles. The van der Waals surface area contributed by atoms with Crippen LogP contribution in [0.1, 0.15) is 201 Å². The van der Waals surface area contributed by atoms with E-state index in [0.29, 0.717) is 34.8 Å². The first-order chi connectivity index (χ1) is 36.3. The van der Waals surface area contributed by atoms with Gasteiger partial charge in [0, 0.05) is 29.4 Å². The Morgan fingerprint density at radius 2 is 1.35 bits per heavy atom. The zero-order valence-corrected chi connectivity index (χ0v) is 46.9. The minimum atomic E-state index is -0.444. The largest absolute Gasteiger partial charge is 0.483 e. The summed E-state index contributed by atoms with van der Waals surface area (Å²) in [5.41, 5.74) is 12.4. The maximum Gasteiger partial charge on any atom is 0.182 e. The van der Waals surface area contributed by atoms with Crippen molar-refractivity contribution >= 4 is 17.5 Å². The smallest absolute Gasteiger partial charge is 0.182 e. The van der Waals surface area contributed by atoms with Crippen molar-refractivity contribution in [2.75, 3.05) is 20.8 Å². The Kier molecular flexibility index (Phi) is 17.5. The number of hydrogen-bond acceptors (Lipinski definition) is 6. The Labute approximate surface area is 448 Å². The number of hydrogen-bond donors (Lipinski definition) is 2. The summed E-state index contributed by atoms with van der Waals surface area (Å²) in [4.78, 5) is 8.04. The number of rotatable bonds is 18. The van der Waals surface area contributed by atoms with E-state index in [1.54, 1.807) is 32.4 Å². The molecule has 0 spiro atoms. The van der Waals surface area contributed by atoms with Crippen molar-refractivity contribution in [3.05, 3.63) is 152 Å². The number of ether oxygens (including phenoxy) is 2. The Morgan fingerprint density at radius 3 is 2.00 bits per heavy atom. The van der Waals surface area contributed by atoms with E-state index in [9.17, 15) is 0 Å². The topological polar surface area (TPSA) is 58.1 Å². The molecule has 3 aromatic rings. The van der Waals surface area contributed by atoms with Crippen LogP contribution in [0, 0.1) is 41.1 Å². The molecule has 2 N–H and O–H groups in total. The standard InChI is InChI=1S/C66H87F3N4O2/c1-11-48(65(39(5)6)71-61(13-3)74-9)50-22-18-23-51(50)58-30-26-43-32-42(25-29-57(43)70-58)49-27-28-52(63(49)47-37-55(68)64(56(69)38-47)41-20-16-15-17-21-41)53-35-44-33-46(34-45(44)36-54(53)67)60-24-19-31-73(60)59(12-2)66(40(7)8)72-62(14-4)75-10/h11-14,25,29,32,34-41,49-52,60,63,65-66,71-72H,15-24,26-28,30-31,33H2,1-10H3/b48-11-,59-12-,61-13+,62-14+/t49-,50?,51-,52-,60+,63?,65+,66+/m1/s1. The van der Waals surface area contributed by atoms with Crippen molar-refractivity contribution in [1.29, 1.82) is 0 Å². The molecule has 6 nitrogen and oxygen atoms in total. The summed E-state index contributed by atoms with van der Waals surface area (Å²) >= 11 is 0. The maximum atomic E-state index is 17.1. The van der Waals surface area contributed by atoms with Gasteiger partial charge in [-0.25, -0.2) is 13.2 Å². The number of likely N-dealkylation sites (tertiary alicyclic amines) is 1. The lowest BCUT2D eigenvalue weighted by atomic mass is 9.75. The zero-order valence-electron chi connectivity index (χ0n) is 46.9. The molecule has 0 aromatic heterocycles. The van der Waals surface area contributed by atoms with E-state index in [2.05, 4.69) is 99.6 Å². The highest BCUT2D eigenvalue weighted by atomic mass is 19.1. The van der Waals surface area contributed by atoms with Crippen LogP contribution in [-0.4, -0.2) is 49.5 Å². The van der Waals surface area contributed by atoms with Crippen LogP contribution < -0.4 is 10.6 Å². The lowest BCUT2D eigenvalue weighted by molar-refractivity contribution is 0.224. The molecule has 2 aliphatic heterocycles. The SMILES string of the molecule is C/C=C(/C1CCC[C@H]1C1=Nc2ccc([C@H]3CC[C@H](c4cc5c(cc4F)C=C([C@@H]4CCCN4/C(=C\C)[C@@H](N/C(=C\C)OC)C(C)C)C5)C3c3cc(F)c(C4CCCCC4)c(F)c3)cc2CC1)[C@@H](N/C(=C\C)OC)C(C)C. The summed E-state index contributed by atoms with van der Waals surface area (Å²) in [5, 5.41) is 7.37. The Hall–Kier alpha value is -5.18. The van der Waals surface area contributed by atoms with Gasteiger partial charge in [-0.2, -0.15) is 0 Å². The lowest BCUT2D eigenvalue weighted by Gasteiger charge is -2.37. The van der Waals surface area contributed by atoms with Gasteiger partial charge in [-0.1, -0.05) is 89.8 Å². The van der Waals surface area contributed by atoms with Crippen LogP contribution in [0.15, 0.2) is 100 Å². The molecule has 75 heavy (non-hydrogen) atoms. The van der Waals surface area contributed by atoms with Crippen LogP contribution in [0.3, 0.4) is 0 Å². The molecule has 3 saturated carbocycles. The highest BCUT2D eigenvalue weighted by Gasteiger charge is 2.43. The normalized spacial score (nSPS) is 25.6. The Morgan fingerprint density at radius 1 is 0.653 bits per heavy atom.